The van der Waals surface area contributed by atoms with Crippen molar-refractivity contribution < 1.29 is 0 Å². The Morgan fingerprint density at radius 2 is 1.13 bits per heavy atom. The molecule has 0 N–H and O–H groups in total. The van der Waals surface area contributed by atoms with Gasteiger partial charge in [0.1, 0.15) is 0 Å². The number of hydrogen-bond acceptors (Lipinski definition) is 2. The molecule has 210 valence electrons. The summed E-state index contributed by atoms with van der Waals surface area (Å²) in [5.41, 5.74) is 10.3. The second-order valence-corrected chi connectivity index (χ2v) is 12.6. The Morgan fingerprint density at radius 3 is 1.98 bits per heavy atom. The fourth-order valence-electron chi connectivity index (χ4n) is 8.63. The molecule has 0 saturated carbocycles. The molecule has 0 spiro atoms. The first-order valence-corrected chi connectivity index (χ1v) is 15.8. The molecule has 11 aromatic rings. The zero-order valence-electron chi connectivity index (χ0n) is 24.5. The average molecular weight is 583 g/mol. The van der Waals surface area contributed by atoms with Crippen molar-refractivity contribution in [2.24, 2.45) is 0 Å². The molecule has 0 atom stereocenters. The number of aromatic nitrogens is 4. The van der Waals surface area contributed by atoms with Gasteiger partial charge in [0, 0.05) is 48.8 Å². The van der Waals surface area contributed by atoms with Crippen molar-refractivity contribution in [3.05, 3.63) is 134 Å². The van der Waals surface area contributed by atoms with Crippen molar-refractivity contribution in [1.29, 1.82) is 0 Å². The zero-order chi connectivity index (χ0) is 29.7. The molecule has 46 heavy (non-hydrogen) atoms. The van der Waals surface area contributed by atoms with Crippen LogP contribution >= 0.6 is 0 Å². The molecule has 0 radical (unpaired) electrons. The van der Waals surface area contributed by atoms with Crippen LogP contribution in [-0.2, 0) is 0 Å². The van der Waals surface area contributed by atoms with E-state index in [4.69, 9.17) is 9.97 Å². The maximum atomic E-state index is 5.45. The van der Waals surface area contributed by atoms with Crippen LogP contribution in [0.4, 0.5) is 0 Å². The second kappa shape index (κ2) is 7.87. The van der Waals surface area contributed by atoms with Crippen LogP contribution in [0.1, 0.15) is 0 Å². The summed E-state index contributed by atoms with van der Waals surface area (Å²) in [6, 6.07) is 46.3. The maximum Gasteiger partial charge on any atom is 0.156 e. The van der Waals surface area contributed by atoms with Crippen LogP contribution in [0.3, 0.4) is 0 Å². The molecule has 0 aliphatic heterocycles. The van der Waals surface area contributed by atoms with Gasteiger partial charge in [-0.3, -0.25) is 9.55 Å². The minimum Gasteiger partial charge on any atom is -0.308 e. The van der Waals surface area contributed by atoms with Crippen molar-refractivity contribution in [3.8, 4) is 28.3 Å². The number of fused-ring (bicyclic) bond motifs is 15. The van der Waals surface area contributed by atoms with Gasteiger partial charge in [-0.2, -0.15) is 0 Å². The van der Waals surface area contributed by atoms with Crippen molar-refractivity contribution in [2.45, 2.75) is 0 Å². The van der Waals surface area contributed by atoms with Crippen LogP contribution in [0.2, 0.25) is 0 Å². The Morgan fingerprint density at radius 1 is 0.435 bits per heavy atom. The van der Waals surface area contributed by atoms with Gasteiger partial charge in [0.15, 0.2) is 5.82 Å². The summed E-state index contributed by atoms with van der Waals surface area (Å²) in [5, 5.41) is 12.6. The van der Waals surface area contributed by atoms with E-state index in [0.29, 0.717) is 0 Å². The van der Waals surface area contributed by atoms with Crippen molar-refractivity contribution in [1.82, 2.24) is 18.9 Å². The minimum absolute atomic E-state index is 0.834. The van der Waals surface area contributed by atoms with Gasteiger partial charge in [0.25, 0.3) is 0 Å². The predicted molar refractivity (Wildman–Crippen MR) is 190 cm³/mol. The third-order valence-electron chi connectivity index (χ3n) is 10.4. The summed E-state index contributed by atoms with van der Waals surface area (Å²) in [7, 11) is 0. The number of hydrogen-bond donors (Lipinski definition) is 0. The zero-order valence-corrected chi connectivity index (χ0v) is 24.5. The van der Waals surface area contributed by atoms with Crippen LogP contribution in [0, 0.1) is 0 Å². The lowest BCUT2D eigenvalue weighted by Gasteiger charge is -2.10. The van der Waals surface area contributed by atoms with E-state index < -0.39 is 0 Å². The molecule has 1 aliphatic carbocycles. The normalized spacial score (nSPS) is 12.8. The first-order valence-electron chi connectivity index (χ1n) is 15.8. The molecule has 4 nitrogen and oxygen atoms in total. The van der Waals surface area contributed by atoms with Crippen molar-refractivity contribution in [3.63, 3.8) is 0 Å². The number of rotatable bonds is 1. The molecule has 0 unspecified atom stereocenters. The fourth-order valence-corrected chi connectivity index (χ4v) is 8.63. The van der Waals surface area contributed by atoms with Gasteiger partial charge in [-0.05, 0) is 40.4 Å². The van der Waals surface area contributed by atoms with E-state index in [1.54, 1.807) is 0 Å². The van der Waals surface area contributed by atoms with E-state index in [9.17, 15) is 0 Å². The number of para-hydroxylation sites is 2. The monoisotopic (exact) mass is 582 g/mol. The van der Waals surface area contributed by atoms with E-state index in [1.807, 2.05) is 6.20 Å². The molecule has 4 heterocycles. The molecule has 12 rings (SSSR count). The highest BCUT2D eigenvalue weighted by Gasteiger charge is 2.28. The Hall–Kier alpha value is -6.26. The third-order valence-corrected chi connectivity index (χ3v) is 10.4. The van der Waals surface area contributed by atoms with Crippen LogP contribution in [0.5, 0.6) is 0 Å². The average Bonchev–Trinajstić information content (AvgIpc) is 3.83. The van der Waals surface area contributed by atoms with Gasteiger partial charge in [-0.25, -0.2) is 4.98 Å². The smallest absolute Gasteiger partial charge is 0.156 e. The molecule has 4 aromatic heterocycles. The molecule has 0 amide bonds. The molecular formula is C42H22N4. The SMILES string of the molecule is c1cc2c3c(cccc3c1)-c1nc(-n3c4ccc5ccccc5c4c4c5c6ccccc6n6c7ccccc7c(cc43)c56)cnc1-2. The Balaban J connectivity index is 1.32. The first kappa shape index (κ1) is 23.2. The fraction of sp³-hybridized carbons (Fsp3) is 0. The lowest BCUT2D eigenvalue weighted by Crippen LogP contribution is -2.00. The third kappa shape index (κ3) is 2.57. The minimum atomic E-state index is 0.834. The summed E-state index contributed by atoms with van der Waals surface area (Å²) in [4.78, 5) is 10.6. The highest BCUT2D eigenvalue weighted by atomic mass is 15.1. The topological polar surface area (TPSA) is 35.1 Å². The van der Waals surface area contributed by atoms with E-state index in [1.165, 1.54) is 70.4 Å². The van der Waals surface area contributed by atoms with Crippen molar-refractivity contribution in [2.75, 3.05) is 0 Å². The molecule has 0 fully saturated rings. The summed E-state index contributed by atoms with van der Waals surface area (Å²) in [6.07, 6.45) is 1.97. The van der Waals surface area contributed by atoms with E-state index >= 15 is 0 Å². The predicted octanol–water partition coefficient (Wildman–Crippen LogP) is 10.7. The van der Waals surface area contributed by atoms with Gasteiger partial charge in [0.05, 0.1) is 45.2 Å². The second-order valence-electron chi connectivity index (χ2n) is 12.6. The number of nitrogens with zero attached hydrogens (tertiary/aromatic N) is 4. The molecule has 4 heteroatoms. The largest absolute Gasteiger partial charge is 0.308 e. The number of benzene rings is 7. The van der Waals surface area contributed by atoms with Crippen LogP contribution in [-0.4, -0.2) is 18.9 Å². The molecule has 7 aromatic carbocycles. The van der Waals surface area contributed by atoms with Gasteiger partial charge in [-0.15, -0.1) is 0 Å². The standard InChI is InChI=1S/C42H22N4/c1-2-12-25-23(9-1)19-20-33-37(25)39-34(21-30-26-13-3-5-17-31(26)46-32-18-6-4-14-27(32)38(39)42(30)46)45(33)35-22-43-40-28-15-7-10-24-11-8-16-29(36(24)28)41(40)44-35/h1-22H. The van der Waals surface area contributed by atoms with Gasteiger partial charge in [0.2, 0.25) is 0 Å². The Kier molecular flexibility index (Phi) is 3.96. The van der Waals surface area contributed by atoms with Gasteiger partial charge >= 0.3 is 0 Å². The Bertz CT molecular complexity index is 3140. The highest BCUT2D eigenvalue weighted by Crippen LogP contribution is 2.49. The van der Waals surface area contributed by atoms with E-state index in [2.05, 4.69) is 136 Å². The molecular weight excluding hydrogens is 560 g/mol. The Labute approximate surface area is 261 Å². The quantitative estimate of drug-likeness (QED) is 0.193. The van der Waals surface area contributed by atoms with Gasteiger partial charge in [-0.1, -0.05) is 103 Å². The van der Waals surface area contributed by atoms with E-state index in [-0.39, 0.29) is 0 Å². The lowest BCUT2D eigenvalue weighted by molar-refractivity contribution is 1.05. The van der Waals surface area contributed by atoms with Crippen molar-refractivity contribution >= 4 is 81.4 Å². The van der Waals surface area contributed by atoms with Gasteiger partial charge < -0.3 is 4.40 Å². The molecule has 1 aliphatic rings. The van der Waals surface area contributed by atoms with Crippen LogP contribution in [0.25, 0.3) is 110 Å². The van der Waals surface area contributed by atoms with E-state index in [0.717, 1.165) is 39.4 Å². The summed E-state index contributed by atoms with van der Waals surface area (Å²) < 4.78 is 4.83. The summed E-state index contributed by atoms with van der Waals surface area (Å²) in [6.45, 7) is 0. The molecule has 0 saturated heterocycles. The summed E-state index contributed by atoms with van der Waals surface area (Å²) in [5.74, 6) is 0.834. The van der Waals surface area contributed by atoms with Crippen LogP contribution in [0.15, 0.2) is 134 Å². The molecule has 0 bridgehead atoms. The lowest BCUT2D eigenvalue weighted by atomic mass is 9.99. The first-order chi connectivity index (χ1) is 22.8. The highest BCUT2D eigenvalue weighted by molar-refractivity contribution is 6.38. The maximum absolute atomic E-state index is 5.45. The summed E-state index contributed by atoms with van der Waals surface area (Å²) >= 11 is 0. The van der Waals surface area contributed by atoms with Crippen LogP contribution < -0.4 is 0 Å².